The van der Waals surface area contributed by atoms with E-state index < -0.39 is 0 Å². The zero-order valence-corrected chi connectivity index (χ0v) is 14.3. The molecule has 0 amide bonds. The number of rotatable bonds is 3. The van der Waals surface area contributed by atoms with Crippen molar-refractivity contribution in [2.45, 2.75) is 26.0 Å². The highest BCUT2D eigenvalue weighted by Gasteiger charge is 2.23. The Balaban J connectivity index is 1.58. The molecule has 2 aliphatic heterocycles. The van der Waals surface area contributed by atoms with Gasteiger partial charge in [-0.05, 0) is 49.8 Å². The summed E-state index contributed by atoms with van der Waals surface area (Å²) in [6.07, 6.45) is 4.16. The van der Waals surface area contributed by atoms with Crippen LogP contribution in [0.25, 0.3) is 6.08 Å². The predicted molar refractivity (Wildman–Crippen MR) is 95.1 cm³/mol. The first-order valence-electron chi connectivity index (χ1n) is 7.85. The van der Waals surface area contributed by atoms with Gasteiger partial charge in [0.15, 0.2) is 11.5 Å². The molecule has 0 aliphatic carbocycles. The zero-order chi connectivity index (χ0) is 16.7. The van der Waals surface area contributed by atoms with Gasteiger partial charge in [0, 0.05) is 28.9 Å². The third-order valence-corrected chi connectivity index (χ3v) is 4.45. The Labute approximate surface area is 146 Å². The topological polar surface area (TPSA) is 39.7 Å². The number of hydrogen-bond acceptors (Lipinski definition) is 4. The lowest BCUT2D eigenvalue weighted by atomic mass is 10.0. The summed E-state index contributed by atoms with van der Waals surface area (Å²) in [4.78, 5) is 0. The summed E-state index contributed by atoms with van der Waals surface area (Å²) in [6, 6.07) is 9.72. The fourth-order valence-electron chi connectivity index (χ4n) is 2.85. The van der Waals surface area contributed by atoms with E-state index >= 15 is 0 Å². The number of fused-ring (bicyclic) bond motifs is 2. The van der Waals surface area contributed by atoms with Crippen LogP contribution >= 0.6 is 11.6 Å². The van der Waals surface area contributed by atoms with E-state index in [1.165, 1.54) is 0 Å². The average Bonchev–Trinajstić information content (AvgIpc) is 2.98. The van der Waals surface area contributed by atoms with Crippen LogP contribution in [-0.2, 0) is 6.54 Å². The molecule has 2 aromatic carbocycles. The lowest BCUT2D eigenvalue weighted by Gasteiger charge is -2.29. The summed E-state index contributed by atoms with van der Waals surface area (Å²) in [6.45, 7) is 4.91. The molecule has 124 valence electrons. The maximum atomic E-state index is 6.34. The Morgan fingerprint density at radius 2 is 1.92 bits per heavy atom. The highest BCUT2D eigenvalue weighted by atomic mass is 35.5. The molecule has 0 saturated carbocycles. The fourth-order valence-corrected chi connectivity index (χ4v) is 3.07. The largest absolute Gasteiger partial charge is 0.483 e. The van der Waals surface area contributed by atoms with E-state index in [0.717, 1.165) is 28.3 Å². The molecule has 0 spiro atoms. The van der Waals surface area contributed by atoms with Gasteiger partial charge in [-0.3, -0.25) is 0 Å². The van der Waals surface area contributed by atoms with Gasteiger partial charge in [0.05, 0.1) is 0 Å². The molecule has 0 fully saturated rings. The molecule has 2 aliphatic rings. The van der Waals surface area contributed by atoms with Gasteiger partial charge in [-0.1, -0.05) is 17.7 Å². The normalized spacial score (nSPS) is 16.5. The van der Waals surface area contributed by atoms with Gasteiger partial charge in [-0.2, -0.15) is 0 Å². The summed E-state index contributed by atoms with van der Waals surface area (Å²) < 4.78 is 16.8. The van der Waals surface area contributed by atoms with E-state index in [1.54, 1.807) is 6.07 Å². The van der Waals surface area contributed by atoms with Crippen LogP contribution in [0.5, 0.6) is 17.2 Å². The molecule has 2 heterocycles. The molecule has 0 radical (unpaired) electrons. The summed E-state index contributed by atoms with van der Waals surface area (Å²) in [5, 5.41) is 4.09. The van der Waals surface area contributed by atoms with Gasteiger partial charge in [0.1, 0.15) is 11.4 Å². The second kappa shape index (κ2) is 5.64. The first-order valence-corrected chi connectivity index (χ1v) is 8.23. The molecular weight excluding hydrogens is 326 g/mol. The third-order valence-electron chi connectivity index (χ3n) is 4.10. The number of anilines is 1. The predicted octanol–water partition coefficient (Wildman–Crippen LogP) is 4.87. The van der Waals surface area contributed by atoms with Crippen LogP contribution in [0, 0.1) is 0 Å². The van der Waals surface area contributed by atoms with E-state index in [9.17, 15) is 0 Å². The summed E-state index contributed by atoms with van der Waals surface area (Å²) in [7, 11) is 0. The molecule has 0 atom stereocenters. The van der Waals surface area contributed by atoms with Crippen molar-refractivity contribution in [1.29, 1.82) is 0 Å². The quantitative estimate of drug-likeness (QED) is 0.863. The van der Waals surface area contributed by atoms with Crippen LogP contribution in [-0.4, -0.2) is 12.4 Å². The Morgan fingerprint density at radius 1 is 1.12 bits per heavy atom. The highest BCUT2D eigenvalue weighted by molar-refractivity contribution is 6.31. The molecule has 2 aromatic rings. The molecule has 1 N–H and O–H groups in total. The molecule has 4 rings (SSSR count). The second-order valence-corrected chi connectivity index (χ2v) is 6.81. The van der Waals surface area contributed by atoms with Gasteiger partial charge in [-0.15, -0.1) is 0 Å². The molecular formula is C19H18ClNO3. The Morgan fingerprint density at radius 3 is 2.75 bits per heavy atom. The smallest absolute Gasteiger partial charge is 0.231 e. The number of benzene rings is 2. The molecule has 24 heavy (non-hydrogen) atoms. The van der Waals surface area contributed by atoms with E-state index in [-0.39, 0.29) is 12.4 Å². The minimum Gasteiger partial charge on any atom is -0.483 e. The molecule has 0 bridgehead atoms. The minimum atomic E-state index is -0.285. The molecule has 0 aromatic heterocycles. The first kappa shape index (κ1) is 15.2. The number of nitrogens with one attached hydrogen (secondary N) is 1. The summed E-state index contributed by atoms with van der Waals surface area (Å²) in [5.41, 5.74) is 2.73. The zero-order valence-electron chi connectivity index (χ0n) is 13.6. The second-order valence-electron chi connectivity index (χ2n) is 6.41. The van der Waals surface area contributed by atoms with Crippen molar-refractivity contribution in [3.63, 3.8) is 0 Å². The lowest BCUT2D eigenvalue weighted by molar-refractivity contribution is 0.159. The van der Waals surface area contributed by atoms with Gasteiger partial charge in [-0.25, -0.2) is 0 Å². The van der Waals surface area contributed by atoms with Crippen LogP contribution in [0.1, 0.15) is 25.0 Å². The SMILES string of the molecule is CC1(C)C=Cc2c(NCc3cc4c(cc3Cl)OCO4)cccc2O1. The van der Waals surface area contributed by atoms with Crippen molar-refractivity contribution < 1.29 is 14.2 Å². The standard InChI is InChI=1S/C19H18ClNO3/c1-19(2)7-6-13-15(4-3-5-16(13)24-19)21-10-12-8-17-18(9-14(12)20)23-11-22-17/h3-9,21H,10-11H2,1-2H3. The number of halogens is 1. The van der Waals surface area contributed by atoms with Gasteiger partial charge in [0.25, 0.3) is 0 Å². The molecule has 4 nitrogen and oxygen atoms in total. The van der Waals surface area contributed by atoms with Crippen molar-refractivity contribution in [2.75, 3.05) is 12.1 Å². The van der Waals surface area contributed by atoms with Crippen molar-refractivity contribution in [1.82, 2.24) is 0 Å². The van der Waals surface area contributed by atoms with Crippen LogP contribution < -0.4 is 19.5 Å². The van der Waals surface area contributed by atoms with E-state index in [1.807, 2.05) is 38.1 Å². The van der Waals surface area contributed by atoms with Crippen LogP contribution in [0.4, 0.5) is 5.69 Å². The Kier molecular flexibility index (Phi) is 3.57. The van der Waals surface area contributed by atoms with E-state index in [2.05, 4.69) is 17.5 Å². The van der Waals surface area contributed by atoms with Crippen molar-refractivity contribution in [3.8, 4) is 17.2 Å². The average molecular weight is 344 g/mol. The van der Waals surface area contributed by atoms with Crippen LogP contribution in [0.3, 0.4) is 0 Å². The molecule has 0 saturated heterocycles. The number of ether oxygens (including phenoxy) is 3. The Hall–Kier alpha value is -2.33. The molecule has 0 unspecified atom stereocenters. The first-order chi connectivity index (χ1) is 11.5. The highest BCUT2D eigenvalue weighted by Crippen LogP contribution is 2.38. The van der Waals surface area contributed by atoms with Gasteiger partial charge < -0.3 is 19.5 Å². The van der Waals surface area contributed by atoms with Crippen molar-refractivity contribution >= 4 is 23.4 Å². The lowest BCUT2D eigenvalue weighted by Crippen LogP contribution is -2.27. The third kappa shape index (κ3) is 2.78. The van der Waals surface area contributed by atoms with Gasteiger partial charge >= 0.3 is 0 Å². The van der Waals surface area contributed by atoms with Crippen molar-refractivity contribution in [3.05, 3.63) is 52.6 Å². The van der Waals surface area contributed by atoms with Crippen LogP contribution in [0.15, 0.2) is 36.4 Å². The summed E-state index contributed by atoms with van der Waals surface area (Å²) >= 11 is 6.34. The summed E-state index contributed by atoms with van der Waals surface area (Å²) in [5.74, 6) is 2.31. The maximum absolute atomic E-state index is 6.34. The van der Waals surface area contributed by atoms with Crippen molar-refractivity contribution in [2.24, 2.45) is 0 Å². The van der Waals surface area contributed by atoms with Gasteiger partial charge in [0.2, 0.25) is 6.79 Å². The monoisotopic (exact) mass is 343 g/mol. The minimum absolute atomic E-state index is 0.243. The fraction of sp³-hybridized carbons (Fsp3) is 0.263. The van der Waals surface area contributed by atoms with Crippen LogP contribution in [0.2, 0.25) is 5.02 Å². The maximum Gasteiger partial charge on any atom is 0.231 e. The number of hydrogen-bond donors (Lipinski definition) is 1. The molecule has 5 heteroatoms. The Bertz CT molecular complexity index is 830. The van der Waals surface area contributed by atoms with E-state index in [0.29, 0.717) is 17.3 Å². The van der Waals surface area contributed by atoms with E-state index in [4.69, 9.17) is 25.8 Å².